The maximum Gasteiger partial charge on any atom is 0.182 e. The lowest BCUT2D eigenvalue weighted by atomic mass is 10.1. The molecule has 0 saturated carbocycles. The molecule has 0 fully saturated rings. The summed E-state index contributed by atoms with van der Waals surface area (Å²) in [6.45, 7) is 4.15. The van der Waals surface area contributed by atoms with Crippen LogP contribution in [0.4, 0.5) is 0 Å². The van der Waals surface area contributed by atoms with Crippen LogP contribution in [-0.4, -0.2) is 43.6 Å². The van der Waals surface area contributed by atoms with Gasteiger partial charge in [-0.2, -0.15) is 5.10 Å². The van der Waals surface area contributed by atoms with E-state index in [0.29, 0.717) is 23.0 Å². The first-order chi connectivity index (χ1) is 14.6. The van der Waals surface area contributed by atoms with Crippen LogP contribution < -0.4 is 9.47 Å². The summed E-state index contributed by atoms with van der Waals surface area (Å²) in [6, 6.07) is 11.9. The van der Waals surface area contributed by atoms with Crippen molar-refractivity contribution in [2.24, 2.45) is 0 Å². The number of rotatable bonds is 4. The number of methoxy groups -OCH3 is 2. The fourth-order valence-electron chi connectivity index (χ4n) is 3.64. The van der Waals surface area contributed by atoms with Crippen molar-refractivity contribution in [1.82, 2.24) is 29.4 Å². The first-order valence-electron chi connectivity index (χ1n) is 9.48. The van der Waals surface area contributed by atoms with Crippen molar-refractivity contribution in [3.05, 3.63) is 60.0 Å². The van der Waals surface area contributed by atoms with Crippen LogP contribution in [0.5, 0.6) is 11.5 Å². The summed E-state index contributed by atoms with van der Waals surface area (Å²) in [5.74, 6) is 1.85. The van der Waals surface area contributed by atoms with E-state index < -0.39 is 0 Å². The van der Waals surface area contributed by atoms with Gasteiger partial charge in [-0.05, 0) is 43.7 Å². The Morgan fingerprint density at radius 1 is 0.900 bits per heavy atom. The van der Waals surface area contributed by atoms with Crippen LogP contribution in [0.25, 0.3) is 33.8 Å². The van der Waals surface area contributed by atoms with Crippen LogP contribution in [0, 0.1) is 13.8 Å². The molecule has 3 aromatic heterocycles. The van der Waals surface area contributed by atoms with E-state index in [9.17, 15) is 0 Å². The monoisotopic (exact) mass is 400 g/mol. The molecule has 0 unspecified atom stereocenters. The van der Waals surface area contributed by atoms with Crippen LogP contribution in [0.2, 0.25) is 0 Å². The van der Waals surface area contributed by atoms with Gasteiger partial charge in [0.1, 0.15) is 6.33 Å². The van der Waals surface area contributed by atoms with Crippen molar-refractivity contribution < 1.29 is 9.47 Å². The minimum atomic E-state index is 0.574. The van der Waals surface area contributed by atoms with Gasteiger partial charge in [0, 0.05) is 5.56 Å². The van der Waals surface area contributed by atoms with Crippen LogP contribution in [-0.2, 0) is 0 Å². The summed E-state index contributed by atoms with van der Waals surface area (Å²) in [5.41, 5.74) is 5.59. The van der Waals surface area contributed by atoms with E-state index in [1.807, 2.05) is 22.9 Å². The second kappa shape index (κ2) is 6.84. The molecule has 5 rings (SSSR count). The molecular formula is C22H20N6O2. The van der Waals surface area contributed by atoms with Gasteiger partial charge in [0.25, 0.3) is 0 Å². The first-order valence-corrected chi connectivity index (χ1v) is 9.48. The van der Waals surface area contributed by atoms with Crippen molar-refractivity contribution in [2.75, 3.05) is 14.2 Å². The largest absolute Gasteiger partial charge is 0.493 e. The number of ether oxygens (including phenoxy) is 2. The highest BCUT2D eigenvalue weighted by Crippen LogP contribution is 2.32. The number of benzene rings is 2. The van der Waals surface area contributed by atoms with Crippen molar-refractivity contribution in [3.63, 3.8) is 0 Å². The van der Waals surface area contributed by atoms with Gasteiger partial charge in [0.15, 0.2) is 28.6 Å². The first kappa shape index (κ1) is 18.1. The van der Waals surface area contributed by atoms with Gasteiger partial charge in [-0.15, -0.1) is 5.10 Å². The highest BCUT2D eigenvalue weighted by Gasteiger charge is 2.16. The summed E-state index contributed by atoms with van der Waals surface area (Å²) in [4.78, 5) is 9.34. The normalized spacial score (nSPS) is 11.3. The van der Waals surface area contributed by atoms with E-state index in [1.165, 1.54) is 5.56 Å². The van der Waals surface area contributed by atoms with E-state index >= 15 is 0 Å². The molecule has 3 heterocycles. The summed E-state index contributed by atoms with van der Waals surface area (Å²) in [7, 11) is 3.21. The van der Waals surface area contributed by atoms with Gasteiger partial charge >= 0.3 is 0 Å². The molecule has 0 atom stereocenters. The van der Waals surface area contributed by atoms with Gasteiger partial charge in [-0.25, -0.2) is 19.2 Å². The van der Waals surface area contributed by atoms with Crippen LogP contribution >= 0.6 is 0 Å². The molecule has 5 aromatic rings. The van der Waals surface area contributed by atoms with E-state index in [1.54, 1.807) is 31.3 Å². The Bertz CT molecular complexity index is 1400. The Labute approximate surface area is 172 Å². The predicted octanol–water partition coefficient (Wildman–Crippen LogP) is 3.76. The van der Waals surface area contributed by atoms with Gasteiger partial charge in [-0.1, -0.05) is 17.7 Å². The highest BCUT2D eigenvalue weighted by molar-refractivity contribution is 5.90. The van der Waals surface area contributed by atoms with E-state index in [2.05, 4.69) is 47.2 Å². The fourth-order valence-corrected chi connectivity index (χ4v) is 3.64. The standard InChI is InChI=1S/C22H20N6O2/c1-13-5-7-17(14(2)9-13)28-21-16(11-24-28)22-25-20(26-27(22)12-23-21)15-6-8-18(29-3)19(10-15)30-4/h5-12H,1-4H3. The summed E-state index contributed by atoms with van der Waals surface area (Å²) < 4.78 is 14.2. The minimum absolute atomic E-state index is 0.574. The van der Waals surface area contributed by atoms with E-state index in [0.717, 1.165) is 27.8 Å². The number of fused-ring (bicyclic) bond motifs is 3. The zero-order valence-electron chi connectivity index (χ0n) is 17.1. The zero-order valence-corrected chi connectivity index (χ0v) is 17.1. The summed E-state index contributed by atoms with van der Waals surface area (Å²) in [5, 5.41) is 9.99. The molecule has 0 radical (unpaired) electrons. The SMILES string of the molecule is COc1ccc(-c2nc3c4cnn(-c5ccc(C)cc5C)c4ncn3n2)cc1OC. The molecule has 150 valence electrons. The Morgan fingerprint density at radius 3 is 2.50 bits per heavy atom. The minimum Gasteiger partial charge on any atom is -0.493 e. The summed E-state index contributed by atoms with van der Waals surface area (Å²) >= 11 is 0. The molecule has 2 aromatic carbocycles. The van der Waals surface area contributed by atoms with E-state index in [-0.39, 0.29) is 0 Å². The molecule has 8 nitrogen and oxygen atoms in total. The quantitative estimate of drug-likeness (QED) is 0.457. The zero-order chi connectivity index (χ0) is 20.8. The van der Waals surface area contributed by atoms with Crippen molar-refractivity contribution in [1.29, 1.82) is 0 Å². The lowest BCUT2D eigenvalue weighted by Gasteiger charge is -2.07. The predicted molar refractivity (Wildman–Crippen MR) is 113 cm³/mol. The maximum absolute atomic E-state index is 5.40. The third-order valence-corrected chi connectivity index (χ3v) is 5.13. The van der Waals surface area contributed by atoms with Crippen molar-refractivity contribution >= 4 is 16.7 Å². The molecule has 0 amide bonds. The van der Waals surface area contributed by atoms with Gasteiger partial charge in [-0.3, -0.25) is 0 Å². The molecule has 0 saturated heterocycles. The van der Waals surface area contributed by atoms with Gasteiger partial charge < -0.3 is 9.47 Å². The Hall–Kier alpha value is -3.94. The Kier molecular flexibility index (Phi) is 4.13. The molecular weight excluding hydrogens is 380 g/mol. The number of hydrogen-bond donors (Lipinski definition) is 0. The number of nitrogens with zero attached hydrogens (tertiary/aromatic N) is 6. The Morgan fingerprint density at radius 2 is 1.73 bits per heavy atom. The Balaban J connectivity index is 1.65. The molecule has 0 N–H and O–H groups in total. The van der Waals surface area contributed by atoms with Crippen LogP contribution in [0.1, 0.15) is 11.1 Å². The molecule has 0 aliphatic heterocycles. The highest BCUT2D eigenvalue weighted by atomic mass is 16.5. The van der Waals surface area contributed by atoms with Crippen molar-refractivity contribution in [3.8, 4) is 28.6 Å². The van der Waals surface area contributed by atoms with Crippen LogP contribution in [0.15, 0.2) is 48.9 Å². The van der Waals surface area contributed by atoms with E-state index in [4.69, 9.17) is 14.5 Å². The molecule has 0 spiro atoms. The second-order valence-electron chi connectivity index (χ2n) is 7.10. The molecule has 8 heteroatoms. The van der Waals surface area contributed by atoms with Crippen molar-refractivity contribution in [2.45, 2.75) is 13.8 Å². The number of hydrogen-bond acceptors (Lipinski definition) is 6. The summed E-state index contributed by atoms with van der Waals surface area (Å²) in [6.07, 6.45) is 3.45. The average molecular weight is 400 g/mol. The molecule has 30 heavy (non-hydrogen) atoms. The molecule has 0 aliphatic rings. The molecule has 0 bridgehead atoms. The topological polar surface area (TPSA) is 79.4 Å². The fraction of sp³-hybridized carbons (Fsp3) is 0.182. The molecule has 0 aliphatic carbocycles. The van der Waals surface area contributed by atoms with Crippen LogP contribution in [0.3, 0.4) is 0 Å². The third-order valence-electron chi connectivity index (χ3n) is 5.13. The second-order valence-corrected chi connectivity index (χ2v) is 7.10. The third kappa shape index (κ3) is 2.76. The smallest absolute Gasteiger partial charge is 0.182 e. The maximum atomic E-state index is 5.40. The average Bonchev–Trinajstić information content (AvgIpc) is 3.37. The lowest BCUT2D eigenvalue weighted by molar-refractivity contribution is 0.355. The van der Waals surface area contributed by atoms with Gasteiger partial charge in [0.05, 0.1) is 31.5 Å². The van der Waals surface area contributed by atoms with Gasteiger partial charge in [0.2, 0.25) is 0 Å². The number of aromatic nitrogens is 6. The lowest BCUT2D eigenvalue weighted by Crippen LogP contribution is -2.01. The number of aryl methyl sites for hydroxylation is 2.